The van der Waals surface area contributed by atoms with Crippen LogP contribution in [0.5, 0.6) is 0 Å². The monoisotopic (exact) mass is 463 g/mol. The highest BCUT2D eigenvalue weighted by Gasteiger charge is 2.35. The highest BCUT2D eigenvalue weighted by molar-refractivity contribution is 8.18. The molecule has 29 heavy (non-hydrogen) atoms. The van der Waals surface area contributed by atoms with Crippen LogP contribution in [0.2, 0.25) is 15.1 Å². The van der Waals surface area contributed by atoms with Crippen molar-refractivity contribution in [1.29, 1.82) is 0 Å². The van der Waals surface area contributed by atoms with Crippen LogP contribution < -0.4 is 0 Å². The van der Waals surface area contributed by atoms with E-state index >= 15 is 0 Å². The maximum atomic E-state index is 12.7. The molecule has 1 aromatic heterocycles. The van der Waals surface area contributed by atoms with Crippen molar-refractivity contribution in [1.82, 2.24) is 4.90 Å². The van der Waals surface area contributed by atoms with Gasteiger partial charge in [-0.05, 0) is 59.8 Å². The van der Waals surface area contributed by atoms with Gasteiger partial charge in [0.2, 0.25) is 0 Å². The molecule has 0 radical (unpaired) electrons. The molecule has 1 saturated heterocycles. The number of carbonyl (C=O) groups is 2. The molecular weight excluding hydrogens is 453 g/mol. The number of hydrogen-bond donors (Lipinski definition) is 0. The lowest BCUT2D eigenvalue weighted by Gasteiger charge is -2.12. The molecule has 0 unspecified atom stereocenters. The summed E-state index contributed by atoms with van der Waals surface area (Å²) >= 11 is 18.9. The molecule has 1 aliphatic rings. The van der Waals surface area contributed by atoms with Gasteiger partial charge in [0.15, 0.2) is 0 Å². The summed E-state index contributed by atoms with van der Waals surface area (Å²) in [6, 6.07) is 15.6. The van der Waals surface area contributed by atoms with Crippen molar-refractivity contribution in [2.24, 2.45) is 0 Å². The molecule has 2 aromatic carbocycles. The summed E-state index contributed by atoms with van der Waals surface area (Å²) in [7, 11) is 0. The zero-order chi connectivity index (χ0) is 20.5. The van der Waals surface area contributed by atoms with E-state index in [-0.39, 0.29) is 17.7 Å². The molecule has 0 saturated carbocycles. The Bertz CT molecular complexity index is 1140. The van der Waals surface area contributed by atoms with Gasteiger partial charge >= 0.3 is 0 Å². The fraction of sp³-hybridized carbons (Fsp3) is 0.0476. The van der Waals surface area contributed by atoms with Crippen LogP contribution >= 0.6 is 46.6 Å². The first-order chi connectivity index (χ1) is 13.9. The molecule has 0 bridgehead atoms. The predicted molar refractivity (Wildman–Crippen MR) is 117 cm³/mol. The lowest BCUT2D eigenvalue weighted by atomic mass is 10.2. The van der Waals surface area contributed by atoms with Gasteiger partial charge in [-0.15, -0.1) is 0 Å². The summed E-state index contributed by atoms with van der Waals surface area (Å²) in [5.41, 5.74) is 1.50. The summed E-state index contributed by atoms with van der Waals surface area (Å²) in [5.74, 6) is 0.624. The fourth-order valence-electron chi connectivity index (χ4n) is 2.80. The number of amides is 2. The van der Waals surface area contributed by atoms with Crippen LogP contribution in [-0.2, 0) is 11.3 Å². The molecule has 4 rings (SSSR count). The quantitative estimate of drug-likeness (QED) is 0.385. The van der Waals surface area contributed by atoms with Crippen molar-refractivity contribution in [2.75, 3.05) is 0 Å². The molecule has 3 aromatic rings. The van der Waals surface area contributed by atoms with Crippen LogP contribution in [0.15, 0.2) is 63.9 Å². The van der Waals surface area contributed by atoms with Crippen LogP contribution in [0.4, 0.5) is 4.79 Å². The molecule has 1 fully saturated rings. The summed E-state index contributed by atoms with van der Waals surface area (Å²) in [5, 5.41) is 1.25. The number of imide groups is 1. The Kier molecular flexibility index (Phi) is 5.74. The smallest absolute Gasteiger partial charge is 0.293 e. The zero-order valence-electron chi connectivity index (χ0n) is 14.7. The average molecular weight is 465 g/mol. The van der Waals surface area contributed by atoms with Crippen molar-refractivity contribution in [3.63, 3.8) is 0 Å². The minimum Gasteiger partial charge on any atom is -0.457 e. The zero-order valence-corrected chi connectivity index (χ0v) is 17.8. The standard InChI is InChI=1S/C21H12Cl3NO3S/c22-13-3-1-12(2-4-13)11-25-20(26)19(29-21(25)27)10-15-6-8-18(28-15)16-7-5-14(23)9-17(16)24/h1-10H,11H2/b19-10-. The largest absolute Gasteiger partial charge is 0.457 e. The van der Waals surface area contributed by atoms with Crippen molar-refractivity contribution < 1.29 is 14.0 Å². The van der Waals surface area contributed by atoms with E-state index < -0.39 is 0 Å². The minimum absolute atomic E-state index is 0.183. The topological polar surface area (TPSA) is 50.5 Å². The molecule has 0 aliphatic carbocycles. The van der Waals surface area contributed by atoms with E-state index in [9.17, 15) is 9.59 Å². The van der Waals surface area contributed by atoms with E-state index in [2.05, 4.69) is 0 Å². The van der Waals surface area contributed by atoms with E-state index in [1.54, 1.807) is 60.7 Å². The molecule has 146 valence electrons. The van der Waals surface area contributed by atoms with E-state index in [0.29, 0.717) is 37.1 Å². The Balaban J connectivity index is 1.54. The van der Waals surface area contributed by atoms with Gasteiger partial charge in [-0.25, -0.2) is 0 Å². The third-order valence-corrected chi connectivity index (χ3v) is 5.93. The lowest BCUT2D eigenvalue weighted by Crippen LogP contribution is -2.27. The van der Waals surface area contributed by atoms with Gasteiger partial charge in [0, 0.05) is 21.7 Å². The molecule has 4 nitrogen and oxygen atoms in total. The number of hydrogen-bond acceptors (Lipinski definition) is 4. The Morgan fingerprint density at radius 2 is 1.66 bits per heavy atom. The number of carbonyl (C=O) groups excluding carboxylic acids is 2. The molecule has 2 amide bonds. The minimum atomic E-state index is -0.363. The summed E-state index contributed by atoms with van der Waals surface area (Å²) in [6.45, 7) is 0.183. The third kappa shape index (κ3) is 4.38. The second-order valence-electron chi connectivity index (χ2n) is 6.22. The van der Waals surface area contributed by atoms with Gasteiger partial charge in [0.25, 0.3) is 11.1 Å². The van der Waals surface area contributed by atoms with Gasteiger partial charge < -0.3 is 4.42 Å². The van der Waals surface area contributed by atoms with Gasteiger partial charge in [-0.3, -0.25) is 14.5 Å². The first-order valence-electron chi connectivity index (χ1n) is 8.46. The van der Waals surface area contributed by atoms with E-state index in [1.165, 1.54) is 4.90 Å². The van der Waals surface area contributed by atoms with E-state index in [1.807, 2.05) is 0 Å². The SMILES string of the molecule is O=C1S/C(=C\c2ccc(-c3ccc(Cl)cc3Cl)o2)C(=O)N1Cc1ccc(Cl)cc1. The third-order valence-electron chi connectivity index (χ3n) is 4.22. The van der Waals surface area contributed by atoms with Crippen LogP contribution in [0.25, 0.3) is 17.4 Å². The van der Waals surface area contributed by atoms with Gasteiger partial charge in [-0.1, -0.05) is 46.9 Å². The molecule has 1 aliphatic heterocycles. The summed E-state index contributed by atoms with van der Waals surface area (Å²) in [6.07, 6.45) is 1.56. The maximum Gasteiger partial charge on any atom is 0.293 e. The molecule has 0 N–H and O–H groups in total. The number of halogens is 3. The first-order valence-corrected chi connectivity index (χ1v) is 10.4. The summed E-state index contributed by atoms with van der Waals surface area (Å²) in [4.78, 5) is 26.5. The Hall–Kier alpha value is -2.18. The van der Waals surface area contributed by atoms with Crippen molar-refractivity contribution in [3.05, 3.63) is 85.9 Å². The van der Waals surface area contributed by atoms with Crippen LogP contribution in [-0.4, -0.2) is 16.0 Å². The number of nitrogens with zero attached hydrogens (tertiary/aromatic N) is 1. The normalized spacial score (nSPS) is 15.6. The first kappa shape index (κ1) is 20.1. The number of furan rings is 1. The molecule has 8 heteroatoms. The van der Waals surface area contributed by atoms with Crippen LogP contribution in [0.3, 0.4) is 0 Å². The molecule has 0 atom stereocenters. The highest BCUT2D eigenvalue weighted by Crippen LogP contribution is 2.36. The second kappa shape index (κ2) is 8.28. The number of thioether (sulfide) groups is 1. The molecule has 0 spiro atoms. The molecule has 2 heterocycles. The highest BCUT2D eigenvalue weighted by atomic mass is 35.5. The Labute approximate surface area is 186 Å². The fourth-order valence-corrected chi connectivity index (χ4v) is 4.25. The van der Waals surface area contributed by atoms with E-state index in [4.69, 9.17) is 39.2 Å². The van der Waals surface area contributed by atoms with Crippen LogP contribution in [0, 0.1) is 0 Å². The van der Waals surface area contributed by atoms with Crippen molar-refractivity contribution >= 4 is 63.8 Å². The number of benzene rings is 2. The predicted octanol–water partition coefficient (Wildman–Crippen LogP) is 7.14. The second-order valence-corrected chi connectivity index (χ2v) is 8.49. The van der Waals surface area contributed by atoms with Crippen molar-refractivity contribution in [3.8, 4) is 11.3 Å². The average Bonchev–Trinajstić information content (AvgIpc) is 3.24. The Morgan fingerprint density at radius 1 is 0.931 bits per heavy atom. The lowest BCUT2D eigenvalue weighted by molar-refractivity contribution is -0.123. The van der Waals surface area contributed by atoms with Crippen LogP contribution in [0.1, 0.15) is 11.3 Å². The Morgan fingerprint density at radius 3 is 2.38 bits per heavy atom. The van der Waals surface area contributed by atoms with Gasteiger partial charge in [0.05, 0.1) is 16.5 Å². The van der Waals surface area contributed by atoms with Gasteiger partial charge in [0.1, 0.15) is 11.5 Å². The van der Waals surface area contributed by atoms with Crippen molar-refractivity contribution in [2.45, 2.75) is 6.54 Å². The van der Waals surface area contributed by atoms with Gasteiger partial charge in [-0.2, -0.15) is 0 Å². The summed E-state index contributed by atoms with van der Waals surface area (Å²) < 4.78 is 5.79. The number of rotatable bonds is 4. The maximum absolute atomic E-state index is 12.7. The molecular formula is C21H12Cl3NO3S. The van der Waals surface area contributed by atoms with E-state index in [0.717, 1.165) is 17.3 Å².